The minimum atomic E-state index is -0.920. The lowest BCUT2D eigenvalue weighted by molar-refractivity contribution is 0.145. The number of halogens is 3. The van der Waals surface area contributed by atoms with E-state index in [0.29, 0.717) is 0 Å². The number of ether oxygens (including phenoxy) is 1. The molecule has 1 atom stereocenters. The van der Waals surface area contributed by atoms with E-state index in [1.807, 2.05) is 0 Å². The van der Waals surface area contributed by atoms with Crippen molar-refractivity contribution in [3.05, 3.63) is 29.8 Å². The first-order valence-corrected chi connectivity index (χ1v) is 5.53. The molecule has 1 rings (SSSR count). The van der Waals surface area contributed by atoms with Crippen LogP contribution in [0.15, 0.2) is 18.2 Å². The van der Waals surface area contributed by atoms with E-state index in [4.69, 9.17) is 16.3 Å². The largest absolute Gasteiger partial charge is 0.433 e. The highest BCUT2D eigenvalue weighted by Gasteiger charge is 2.11. The third kappa shape index (κ3) is 4.60. The molecule has 1 aromatic carbocycles. The summed E-state index contributed by atoms with van der Waals surface area (Å²) in [6.45, 7) is 1.53. The van der Waals surface area contributed by atoms with E-state index in [2.05, 4.69) is 17.2 Å². The molecule has 6 heteroatoms. The molecule has 0 heterocycles. The molecule has 0 aromatic heterocycles. The predicted octanol–water partition coefficient (Wildman–Crippen LogP) is 3.14. The van der Waals surface area contributed by atoms with Crippen LogP contribution >= 0.6 is 11.6 Å². The Bertz CT molecular complexity index is 497. The van der Waals surface area contributed by atoms with Gasteiger partial charge in [-0.15, -0.1) is 11.6 Å². The van der Waals surface area contributed by atoms with Crippen molar-refractivity contribution in [3.8, 4) is 11.8 Å². The van der Waals surface area contributed by atoms with Crippen LogP contribution < -0.4 is 5.32 Å². The first-order chi connectivity index (χ1) is 8.52. The van der Waals surface area contributed by atoms with Crippen LogP contribution in [0.4, 0.5) is 19.3 Å². The number of carbonyl (C=O) groups excluding carboxylic acids is 1. The van der Waals surface area contributed by atoms with Crippen molar-refractivity contribution in [2.24, 2.45) is 0 Å². The zero-order valence-electron chi connectivity index (χ0n) is 9.47. The Balaban J connectivity index is 2.62. The van der Waals surface area contributed by atoms with Crippen molar-refractivity contribution in [1.29, 1.82) is 0 Å². The number of benzene rings is 1. The van der Waals surface area contributed by atoms with Crippen LogP contribution in [-0.4, -0.2) is 18.1 Å². The van der Waals surface area contributed by atoms with E-state index < -0.39 is 23.8 Å². The van der Waals surface area contributed by atoms with Gasteiger partial charge in [0, 0.05) is 6.07 Å². The van der Waals surface area contributed by atoms with Gasteiger partial charge in [0.2, 0.25) is 0 Å². The van der Waals surface area contributed by atoms with Gasteiger partial charge in [0.25, 0.3) is 0 Å². The van der Waals surface area contributed by atoms with Crippen molar-refractivity contribution in [1.82, 2.24) is 0 Å². The molecule has 1 N–H and O–H groups in total. The molecule has 0 spiro atoms. The highest BCUT2D eigenvalue weighted by molar-refractivity contribution is 6.19. The first-order valence-electron chi connectivity index (χ1n) is 5.00. The number of anilines is 1. The third-order valence-corrected chi connectivity index (χ3v) is 1.95. The summed E-state index contributed by atoms with van der Waals surface area (Å²) < 4.78 is 30.8. The molecule has 0 aliphatic carbocycles. The zero-order chi connectivity index (χ0) is 13.5. The van der Waals surface area contributed by atoms with Gasteiger partial charge in [-0.3, -0.25) is 5.32 Å². The highest BCUT2D eigenvalue weighted by Crippen LogP contribution is 2.15. The number of nitrogens with one attached hydrogen (secondary N) is 1. The lowest BCUT2D eigenvalue weighted by atomic mass is 10.3. The molecular formula is C12H10ClF2NO2. The van der Waals surface area contributed by atoms with E-state index in [9.17, 15) is 13.6 Å². The SMILES string of the molecule is CC(C#CCCl)OC(=O)Nc1cc(F)ccc1F. The Morgan fingerprint density at radius 1 is 1.56 bits per heavy atom. The second-order valence-corrected chi connectivity index (χ2v) is 3.52. The lowest BCUT2D eigenvalue weighted by Crippen LogP contribution is -2.19. The Labute approximate surface area is 108 Å². The monoisotopic (exact) mass is 273 g/mol. The number of hydrogen-bond donors (Lipinski definition) is 1. The van der Waals surface area contributed by atoms with Gasteiger partial charge >= 0.3 is 6.09 Å². The number of alkyl halides is 1. The summed E-state index contributed by atoms with van der Waals surface area (Å²) in [6.07, 6.45) is -1.61. The predicted molar refractivity (Wildman–Crippen MR) is 64.4 cm³/mol. The molecule has 0 aliphatic rings. The van der Waals surface area contributed by atoms with E-state index in [1.54, 1.807) is 0 Å². The van der Waals surface area contributed by atoms with Crippen molar-refractivity contribution < 1.29 is 18.3 Å². The summed E-state index contributed by atoms with van der Waals surface area (Å²) in [7, 11) is 0. The van der Waals surface area contributed by atoms with Crippen molar-refractivity contribution in [2.45, 2.75) is 13.0 Å². The second kappa shape index (κ2) is 6.82. The van der Waals surface area contributed by atoms with Crippen LogP contribution in [0.5, 0.6) is 0 Å². The average molecular weight is 274 g/mol. The Morgan fingerprint density at radius 2 is 2.28 bits per heavy atom. The van der Waals surface area contributed by atoms with Crippen molar-refractivity contribution >= 4 is 23.4 Å². The standard InChI is InChI=1S/C12H10ClF2NO2/c1-8(3-2-6-13)18-12(17)16-11-7-9(14)4-5-10(11)15/h4-5,7-8H,6H2,1H3,(H,16,17). The zero-order valence-corrected chi connectivity index (χ0v) is 10.2. The molecule has 1 aromatic rings. The topological polar surface area (TPSA) is 38.3 Å². The van der Waals surface area contributed by atoms with E-state index in [1.165, 1.54) is 6.92 Å². The molecule has 1 amide bonds. The van der Waals surface area contributed by atoms with E-state index in [-0.39, 0.29) is 11.6 Å². The highest BCUT2D eigenvalue weighted by atomic mass is 35.5. The van der Waals surface area contributed by atoms with Gasteiger partial charge in [0.05, 0.1) is 11.6 Å². The number of carbonyl (C=O) groups is 1. The molecule has 18 heavy (non-hydrogen) atoms. The molecule has 3 nitrogen and oxygen atoms in total. The normalized spacial score (nSPS) is 11.1. The fourth-order valence-corrected chi connectivity index (χ4v) is 1.18. The molecule has 0 fully saturated rings. The van der Waals surface area contributed by atoms with Gasteiger partial charge in [-0.2, -0.15) is 0 Å². The number of rotatable bonds is 2. The summed E-state index contributed by atoms with van der Waals surface area (Å²) in [5.74, 6) is 3.75. The first kappa shape index (κ1) is 14.3. The maximum Gasteiger partial charge on any atom is 0.412 e. The fraction of sp³-hybridized carbons (Fsp3) is 0.250. The molecule has 0 saturated carbocycles. The smallest absolute Gasteiger partial charge is 0.412 e. The maximum atomic E-state index is 13.2. The summed E-state index contributed by atoms with van der Waals surface area (Å²) in [4.78, 5) is 11.3. The summed E-state index contributed by atoms with van der Waals surface area (Å²) >= 11 is 5.33. The van der Waals surface area contributed by atoms with Gasteiger partial charge in [0.1, 0.15) is 11.6 Å². The van der Waals surface area contributed by atoms with Gasteiger partial charge in [0.15, 0.2) is 6.10 Å². The van der Waals surface area contributed by atoms with Gasteiger partial charge in [-0.25, -0.2) is 13.6 Å². The van der Waals surface area contributed by atoms with E-state index in [0.717, 1.165) is 18.2 Å². The van der Waals surface area contributed by atoms with Gasteiger partial charge < -0.3 is 4.74 Å². The Kier molecular flexibility index (Phi) is 5.40. The minimum Gasteiger partial charge on any atom is -0.433 e. The van der Waals surface area contributed by atoms with Crippen molar-refractivity contribution in [2.75, 3.05) is 11.2 Å². The fourth-order valence-electron chi connectivity index (χ4n) is 1.11. The van der Waals surface area contributed by atoms with Crippen LogP contribution in [0.2, 0.25) is 0 Å². The summed E-state index contributed by atoms with van der Waals surface area (Å²) in [6, 6.07) is 2.70. The number of amides is 1. The summed E-state index contributed by atoms with van der Waals surface area (Å²) in [5.41, 5.74) is -0.294. The Hall–Kier alpha value is -1.80. The molecule has 96 valence electrons. The van der Waals surface area contributed by atoms with Gasteiger partial charge in [-0.1, -0.05) is 11.8 Å². The minimum absolute atomic E-state index is 0.119. The molecule has 0 bridgehead atoms. The number of hydrogen-bond acceptors (Lipinski definition) is 2. The third-order valence-electron chi connectivity index (χ3n) is 1.82. The second-order valence-electron chi connectivity index (χ2n) is 3.25. The average Bonchev–Trinajstić information content (AvgIpc) is 2.31. The van der Waals surface area contributed by atoms with Crippen LogP contribution in [0.1, 0.15) is 6.92 Å². The summed E-state index contributed by atoms with van der Waals surface area (Å²) in [5, 5.41) is 2.08. The van der Waals surface area contributed by atoms with Crippen molar-refractivity contribution in [3.63, 3.8) is 0 Å². The van der Waals surface area contributed by atoms with Crippen LogP contribution in [0.25, 0.3) is 0 Å². The molecule has 0 aliphatic heterocycles. The van der Waals surface area contributed by atoms with Crippen LogP contribution in [-0.2, 0) is 4.74 Å². The maximum absolute atomic E-state index is 13.2. The van der Waals surface area contributed by atoms with Crippen LogP contribution in [0, 0.1) is 23.5 Å². The molecule has 0 radical (unpaired) electrons. The van der Waals surface area contributed by atoms with Gasteiger partial charge in [-0.05, 0) is 19.1 Å². The quantitative estimate of drug-likeness (QED) is 0.664. The lowest BCUT2D eigenvalue weighted by Gasteiger charge is -2.09. The van der Waals surface area contributed by atoms with E-state index >= 15 is 0 Å². The molecule has 1 unspecified atom stereocenters. The molecular weight excluding hydrogens is 264 g/mol. The molecule has 0 saturated heterocycles. The Morgan fingerprint density at radius 3 is 2.94 bits per heavy atom. The van der Waals surface area contributed by atoms with Crippen LogP contribution in [0.3, 0.4) is 0 Å².